The lowest BCUT2D eigenvalue weighted by Gasteiger charge is -2.09. The minimum absolute atomic E-state index is 0.148. The first kappa shape index (κ1) is 17.7. The quantitative estimate of drug-likeness (QED) is 0.716. The highest BCUT2D eigenvalue weighted by atomic mass is 16.5. The molecule has 1 aromatic rings. The summed E-state index contributed by atoms with van der Waals surface area (Å²) in [7, 11) is 0. The number of hydrogen-bond donors (Lipinski definition) is 0. The summed E-state index contributed by atoms with van der Waals surface area (Å²) in [6, 6.07) is 8.15. The van der Waals surface area contributed by atoms with Crippen molar-refractivity contribution in [3.05, 3.63) is 29.8 Å². The third-order valence-electron chi connectivity index (χ3n) is 2.93. The van der Waals surface area contributed by atoms with Crippen LogP contribution >= 0.6 is 0 Å². The molecule has 1 rings (SSSR count). The van der Waals surface area contributed by atoms with Gasteiger partial charge in [-0.15, -0.1) is 0 Å². The molecule has 0 bridgehead atoms. The summed E-state index contributed by atoms with van der Waals surface area (Å²) in [5.74, 6) is 1.35. The fraction of sp³-hybridized carbons (Fsp3) is 0.588. The van der Waals surface area contributed by atoms with E-state index in [0.717, 1.165) is 31.6 Å². The molecule has 0 saturated heterocycles. The van der Waals surface area contributed by atoms with Gasteiger partial charge in [0, 0.05) is 5.92 Å². The first-order chi connectivity index (χ1) is 9.13. The standard InChI is InChI=1S/C15H22O2.C2H6/c1-4-10-17-15-7-5-6-14(11-15)9-8-12(2)13(3)16;1-2/h5-7,11-12H,4,8-10H2,1-3H3;1-2H3. The smallest absolute Gasteiger partial charge is 0.132 e. The molecule has 0 aliphatic heterocycles. The number of ketones is 1. The van der Waals surface area contributed by atoms with Crippen LogP contribution < -0.4 is 4.74 Å². The van der Waals surface area contributed by atoms with Gasteiger partial charge in [-0.2, -0.15) is 0 Å². The lowest BCUT2D eigenvalue weighted by atomic mass is 9.98. The van der Waals surface area contributed by atoms with Crippen molar-refractivity contribution in [2.45, 2.75) is 53.9 Å². The second-order valence-electron chi connectivity index (χ2n) is 4.55. The largest absolute Gasteiger partial charge is 0.494 e. The van der Waals surface area contributed by atoms with E-state index in [1.54, 1.807) is 6.92 Å². The van der Waals surface area contributed by atoms with Gasteiger partial charge in [0.25, 0.3) is 0 Å². The molecule has 108 valence electrons. The minimum atomic E-state index is 0.148. The predicted octanol–water partition coefficient (Wildman–Crippen LogP) is 4.66. The topological polar surface area (TPSA) is 26.3 Å². The third-order valence-corrected chi connectivity index (χ3v) is 2.93. The summed E-state index contributed by atoms with van der Waals surface area (Å²) in [4.78, 5) is 11.1. The zero-order valence-corrected chi connectivity index (χ0v) is 13.0. The normalized spacial score (nSPS) is 11.2. The van der Waals surface area contributed by atoms with Crippen LogP contribution in [0.5, 0.6) is 5.75 Å². The lowest BCUT2D eigenvalue weighted by molar-refractivity contribution is -0.120. The minimum Gasteiger partial charge on any atom is -0.494 e. The zero-order chi connectivity index (χ0) is 14.7. The Hall–Kier alpha value is -1.31. The molecule has 2 heteroatoms. The summed E-state index contributed by atoms with van der Waals surface area (Å²) >= 11 is 0. The van der Waals surface area contributed by atoms with E-state index in [2.05, 4.69) is 19.1 Å². The number of aryl methyl sites for hydroxylation is 1. The molecule has 0 heterocycles. The van der Waals surface area contributed by atoms with Crippen LogP contribution in [0.3, 0.4) is 0 Å². The molecule has 0 radical (unpaired) electrons. The van der Waals surface area contributed by atoms with E-state index in [9.17, 15) is 4.79 Å². The Kier molecular flexibility index (Phi) is 9.87. The van der Waals surface area contributed by atoms with Gasteiger partial charge in [0.1, 0.15) is 11.5 Å². The van der Waals surface area contributed by atoms with Gasteiger partial charge >= 0.3 is 0 Å². The molecule has 0 spiro atoms. The van der Waals surface area contributed by atoms with E-state index in [1.807, 2.05) is 32.9 Å². The Bertz CT molecular complexity index is 358. The number of carbonyl (C=O) groups is 1. The highest BCUT2D eigenvalue weighted by molar-refractivity contribution is 5.77. The molecule has 0 aliphatic carbocycles. The van der Waals surface area contributed by atoms with Gasteiger partial charge in [0.05, 0.1) is 6.61 Å². The van der Waals surface area contributed by atoms with E-state index in [1.165, 1.54) is 5.56 Å². The predicted molar refractivity (Wildman–Crippen MR) is 81.7 cm³/mol. The van der Waals surface area contributed by atoms with Crippen LogP contribution in [0.1, 0.15) is 53.0 Å². The van der Waals surface area contributed by atoms with E-state index in [-0.39, 0.29) is 11.7 Å². The van der Waals surface area contributed by atoms with Crippen molar-refractivity contribution in [3.63, 3.8) is 0 Å². The van der Waals surface area contributed by atoms with Gasteiger partial charge in [0.15, 0.2) is 0 Å². The first-order valence-corrected chi connectivity index (χ1v) is 7.35. The average Bonchev–Trinajstić information content (AvgIpc) is 2.45. The van der Waals surface area contributed by atoms with E-state index in [0.29, 0.717) is 0 Å². The summed E-state index contributed by atoms with van der Waals surface area (Å²) in [5, 5.41) is 0. The molecule has 0 N–H and O–H groups in total. The number of carbonyl (C=O) groups excluding carboxylic acids is 1. The molecule has 0 aromatic heterocycles. The first-order valence-electron chi connectivity index (χ1n) is 7.35. The van der Waals surface area contributed by atoms with E-state index < -0.39 is 0 Å². The van der Waals surface area contributed by atoms with Crippen molar-refractivity contribution in [1.29, 1.82) is 0 Å². The highest BCUT2D eigenvalue weighted by Crippen LogP contribution is 2.17. The number of benzene rings is 1. The number of rotatable bonds is 7. The Morgan fingerprint density at radius 3 is 2.58 bits per heavy atom. The fourth-order valence-corrected chi connectivity index (χ4v) is 1.60. The second kappa shape index (κ2) is 10.6. The summed E-state index contributed by atoms with van der Waals surface area (Å²) in [6.45, 7) is 10.5. The average molecular weight is 264 g/mol. The van der Waals surface area contributed by atoms with Crippen molar-refractivity contribution in [3.8, 4) is 5.75 Å². The second-order valence-corrected chi connectivity index (χ2v) is 4.55. The fourth-order valence-electron chi connectivity index (χ4n) is 1.60. The highest BCUT2D eigenvalue weighted by Gasteiger charge is 2.07. The van der Waals surface area contributed by atoms with Crippen molar-refractivity contribution in [2.24, 2.45) is 5.92 Å². The van der Waals surface area contributed by atoms with Crippen molar-refractivity contribution < 1.29 is 9.53 Å². The number of Topliss-reactive ketones (excluding diaryl/α,β-unsaturated/α-hetero) is 1. The Labute approximate surface area is 118 Å². The maximum absolute atomic E-state index is 11.1. The van der Waals surface area contributed by atoms with Crippen LogP contribution in [-0.4, -0.2) is 12.4 Å². The van der Waals surface area contributed by atoms with Gasteiger partial charge in [-0.3, -0.25) is 4.79 Å². The lowest BCUT2D eigenvalue weighted by Crippen LogP contribution is -2.07. The third kappa shape index (κ3) is 7.66. The Morgan fingerprint density at radius 2 is 2.00 bits per heavy atom. The number of hydrogen-bond acceptors (Lipinski definition) is 2. The molecule has 1 atom stereocenters. The van der Waals surface area contributed by atoms with Crippen molar-refractivity contribution in [1.82, 2.24) is 0 Å². The summed E-state index contributed by atoms with van der Waals surface area (Å²) in [6.07, 6.45) is 2.86. The van der Waals surface area contributed by atoms with Crippen LogP contribution in [0, 0.1) is 5.92 Å². The van der Waals surface area contributed by atoms with Gasteiger partial charge in [-0.25, -0.2) is 0 Å². The van der Waals surface area contributed by atoms with Crippen molar-refractivity contribution >= 4 is 5.78 Å². The monoisotopic (exact) mass is 264 g/mol. The van der Waals surface area contributed by atoms with E-state index in [4.69, 9.17) is 4.74 Å². The van der Waals surface area contributed by atoms with Crippen LogP contribution in [0.15, 0.2) is 24.3 Å². The summed E-state index contributed by atoms with van der Waals surface area (Å²) < 4.78 is 5.58. The maximum atomic E-state index is 11.1. The SMILES string of the molecule is CC.CCCOc1cccc(CCC(C)C(C)=O)c1. The van der Waals surface area contributed by atoms with Gasteiger partial charge in [0.2, 0.25) is 0 Å². The molecular weight excluding hydrogens is 236 g/mol. The molecule has 1 aromatic carbocycles. The van der Waals surface area contributed by atoms with Crippen LogP contribution in [-0.2, 0) is 11.2 Å². The maximum Gasteiger partial charge on any atom is 0.132 e. The van der Waals surface area contributed by atoms with Gasteiger partial charge < -0.3 is 4.74 Å². The zero-order valence-electron chi connectivity index (χ0n) is 13.0. The molecule has 0 fully saturated rings. The Morgan fingerprint density at radius 1 is 1.32 bits per heavy atom. The van der Waals surface area contributed by atoms with Gasteiger partial charge in [-0.05, 0) is 43.9 Å². The summed E-state index contributed by atoms with van der Waals surface area (Å²) in [5.41, 5.74) is 1.24. The molecule has 0 aliphatic rings. The molecule has 0 saturated carbocycles. The van der Waals surface area contributed by atoms with Crippen LogP contribution in [0.4, 0.5) is 0 Å². The molecular formula is C17H28O2. The van der Waals surface area contributed by atoms with E-state index >= 15 is 0 Å². The van der Waals surface area contributed by atoms with Crippen LogP contribution in [0.25, 0.3) is 0 Å². The number of ether oxygens (including phenoxy) is 1. The molecule has 19 heavy (non-hydrogen) atoms. The Balaban J connectivity index is 0.00000154. The van der Waals surface area contributed by atoms with Crippen LogP contribution in [0.2, 0.25) is 0 Å². The van der Waals surface area contributed by atoms with Crippen molar-refractivity contribution in [2.75, 3.05) is 6.61 Å². The van der Waals surface area contributed by atoms with Gasteiger partial charge in [-0.1, -0.05) is 39.8 Å². The molecule has 0 amide bonds. The molecule has 1 unspecified atom stereocenters. The molecule has 2 nitrogen and oxygen atoms in total.